The molecule has 3 aromatic heterocycles. The third-order valence-electron chi connectivity index (χ3n) is 4.62. The minimum atomic E-state index is 0.914. The molecule has 0 radical (unpaired) electrons. The maximum atomic E-state index is 4.58. The van der Waals surface area contributed by atoms with Crippen molar-refractivity contribution in [2.24, 2.45) is 0 Å². The van der Waals surface area contributed by atoms with Gasteiger partial charge in [-0.25, -0.2) is 19.9 Å². The van der Waals surface area contributed by atoms with E-state index in [4.69, 9.17) is 0 Å². The van der Waals surface area contributed by atoms with Crippen molar-refractivity contribution in [3.8, 4) is 22.6 Å². The van der Waals surface area contributed by atoms with Gasteiger partial charge >= 0.3 is 5.82 Å². The van der Waals surface area contributed by atoms with Crippen LogP contribution in [0.1, 0.15) is 11.5 Å². The van der Waals surface area contributed by atoms with Crippen molar-refractivity contribution in [2.75, 3.05) is 0 Å². The molecule has 3 heterocycles. The van der Waals surface area contributed by atoms with Gasteiger partial charge in [0.2, 0.25) is 0 Å². The zero-order valence-corrected chi connectivity index (χ0v) is 14.6. The van der Waals surface area contributed by atoms with Crippen LogP contribution in [0.3, 0.4) is 0 Å². The van der Waals surface area contributed by atoms with Crippen molar-refractivity contribution >= 4 is 22.1 Å². The molecule has 2 aromatic carbocycles. The lowest BCUT2D eigenvalue weighted by Gasteiger charge is -2.00. The van der Waals surface area contributed by atoms with E-state index in [0.29, 0.717) is 0 Å². The van der Waals surface area contributed by atoms with Gasteiger partial charge < -0.3 is 4.98 Å². The number of rotatable bonds is 2. The Morgan fingerprint density at radius 2 is 1.62 bits per heavy atom. The van der Waals surface area contributed by atoms with Crippen LogP contribution < -0.4 is 4.98 Å². The Kier molecular flexibility index (Phi) is 3.15. The number of imidazole rings is 2. The predicted octanol–water partition coefficient (Wildman–Crippen LogP) is 4.20. The summed E-state index contributed by atoms with van der Waals surface area (Å²) < 4.78 is 0. The Labute approximate surface area is 150 Å². The van der Waals surface area contributed by atoms with Crippen molar-refractivity contribution in [3.63, 3.8) is 0 Å². The summed E-state index contributed by atoms with van der Waals surface area (Å²) in [5, 5.41) is 0. The monoisotopic (exact) mass is 340 g/mol. The van der Waals surface area contributed by atoms with Gasteiger partial charge in [-0.1, -0.05) is 12.1 Å². The fourth-order valence-electron chi connectivity index (χ4n) is 3.36. The molecular weight excluding hydrogens is 322 g/mol. The van der Waals surface area contributed by atoms with E-state index in [0.717, 1.165) is 56.2 Å². The van der Waals surface area contributed by atoms with Crippen LogP contribution in [0, 0.1) is 13.8 Å². The first-order chi connectivity index (χ1) is 12.7. The van der Waals surface area contributed by atoms with E-state index in [-0.39, 0.29) is 0 Å². The fraction of sp³-hybridized carbons (Fsp3) is 0.0952. The van der Waals surface area contributed by atoms with Crippen LogP contribution in [0.15, 0.2) is 54.6 Å². The van der Waals surface area contributed by atoms with Gasteiger partial charge in [0.05, 0.1) is 11.0 Å². The number of pyridine rings is 1. The molecule has 0 aliphatic rings. The smallest absolute Gasteiger partial charge is 0.304 e. The largest absolute Gasteiger partial charge is 0.342 e. The predicted molar refractivity (Wildman–Crippen MR) is 103 cm³/mol. The second-order valence-electron chi connectivity index (χ2n) is 6.60. The number of fused-ring (bicyclic) bond motifs is 2. The molecule has 5 nitrogen and oxygen atoms in total. The number of benzene rings is 2. The number of hydrogen-bond donors (Lipinski definition) is 2. The first kappa shape index (κ1) is 14.8. The Morgan fingerprint density at radius 3 is 2.46 bits per heavy atom. The van der Waals surface area contributed by atoms with E-state index in [9.17, 15) is 0 Å². The summed E-state index contributed by atoms with van der Waals surface area (Å²) in [5.41, 5.74) is 8.40. The second-order valence-corrected chi connectivity index (χ2v) is 6.60. The first-order valence-corrected chi connectivity index (χ1v) is 8.61. The van der Waals surface area contributed by atoms with Gasteiger partial charge in [-0.05, 0) is 67.4 Å². The summed E-state index contributed by atoms with van der Waals surface area (Å²) in [6.45, 7) is 3.97. The summed E-state index contributed by atoms with van der Waals surface area (Å²) >= 11 is 0. The highest BCUT2D eigenvalue weighted by Gasteiger charge is 2.14. The number of aromatic nitrogens is 5. The molecule has 3 N–H and O–H groups in total. The minimum absolute atomic E-state index is 0.914. The second kappa shape index (κ2) is 5.52. The van der Waals surface area contributed by atoms with Gasteiger partial charge in [0, 0.05) is 5.69 Å². The van der Waals surface area contributed by atoms with Gasteiger partial charge in [-0.2, -0.15) is 0 Å². The number of H-pyrrole nitrogens is 3. The van der Waals surface area contributed by atoms with Gasteiger partial charge in [-0.15, -0.1) is 0 Å². The lowest BCUT2D eigenvalue weighted by molar-refractivity contribution is -0.330. The highest BCUT2D eigenvalue weighted by Crippen LogP contribution is 2.26. The van der Waals surface area contributed by atoms with E-state index >= 15 is 0 Å². The summed E-state index contributed by atoms with van der Waals surface area (Å²) in [7, 11) is 0. The average Bonchev–Trinajstić information content (AvgIpc) is 3.22. The third kappa shape index (κ3) is 2.45. The average molecular weight is 340 g/mol. The molecule has 0 fully saturated rings. The van der Waals surface area contributed by atoms with Crippen molar-refractivity contribution in [2.45, 2.75) is 13.8 Å². The summed E-state index contributed by atoms with van der Waals surface area (Å²) in [6, 6.07) is 18.7. The van der Waals surface area contributed by atoms with Gasteiger partial charge in [0.25, 0.3) is 0 Å². The molecule has 0 spiro atoms. The summed E-state index contributed by atoms with van der Waals surface area (Å²) in [5.74, 6) is 1.85. The maximum Gasteiger partial charge on any atom is 0.304 e. The standard InChI is InChI=1S/C21H17N5/c1-12-4-3-5-18(22-12)21-25-17-9-7-15(11-20(17)26-21)14-6-8-16-19(10-14)24-13(2)23-16/h3-11H,1-2H3,(H,23,24)(H,25,26)/p+1. The van der Waals surface area contributed by atoms with Crippen molar-refractivity contribution in [1.82, 2.24) is 19.9 Å². The van der Waals surface area contributed by atoms with Crippen LogP contribution >= 0.6 is 0 Å². The lowest BCUT2D eigenvalue weighted by Crippen LogP contribution is -2.03. The molecule has 0 bridgehead atoms. The highest BCUT2D eigenvalue weighted by molar-refractivity contribution is 5.85. The van der Waals surface area contributed by atoms with Crippen LogP contribution in [0.5, 0.6) is 0 Å². The number of hydrogen-bond acceptors (Lipinski definition) is 2. The Balaban J connectivity index is 1.60. The zero-order chi connectivity index (χ0) is 17.7. The van der Waals surface area contributed by atoms with Crippen molar-refractivity contribution < 1.29 is 4.98 Å². The number of aryl methyl sites for hydroxylation is 2. The zero-order valence-electron chi connectivity index (χ0n) is 14.6. The number of nitrogens with zero attached hydrogens (tertiary/aromatic N) is 2. The normalized spacial score (nSPS) is 11.5. The molecular formula is C21H18N5+. The molecule has 5 heteroatoms. The Morgan fingerprint density at radius 1 is 0.808 bits per heavy atom. The highest BCUT2D eigenvalue weighted by atomic mass is 14.9. The van der Waals surface area contributed by atoms with E-state index in [1.807, 2.05) is 32.0 Å². The SMILES string of the molecule is Cc1cccc(-c2[nH]c3cc(-c4ccc5nc(C)[nH]c5c4)ccc3[nH+]2)n1. The number of aromatic amines is 3. The number of nitrogens with one attached hydrogen (secondary N) is 3. The van der Waals surface area contributed by atoms with E-state index < -0.39 is 0 Å². The quantitative estimate of drug-likeness (QED) is 0.505. The molecule has 0 aliphatic carbocycles. The Bertz CT molecular complexity index is 1260. The molecule has 5 rings (SSSR count). The molecule has 0 saturated carbocycles. The summed E-state index contributed by atoms with van der Waals surface area (Å²) in [6.07, 6.45) is 0. The molecule has 0 unspecified atom stereocenters. The van der Waals surface area contributed by atoms with Crippen LogP contribution in [0.25, 0.3) is 44.7 Å². The van der Waals surface area contributed by atoms with Crippen molar-refractivity contribution in [3.05, 3.63) is 66.1 Å². The molecule has 0 atom stereocenters. The van der Waals surface area contributed by atoms with E-state index in [1.165, 1.54) is 0 Å². The van der Waals surface area contributed by atoms with Crippen molar-refractivity contribution in [1.29, 1.82) is 0 Å². The topological polar surface area (TPSA) is 71.5 Å². The lowest BCUT2D eigenvalue weighted by atomic mass is 10.0. The van der Waals surface area contributed by atoms with Gasteiger partial charge in [0.15, 0.2) is 16.7 Å². The van der Waals surface area contributed by atoms with E-state index in [2.05, 4.69) is 61.3 Å². The Hall–Kier alpha value is -3.47. The summed E-state index contributed by atoms with van der Waals surface area (Å²) in [4.78, 5) is 19.2. The molecule has 0 aliphatic heterocycles. The van der Waals surface area contributed by atoms with Crippen LogP contribution in [0.2, 0.25) is 0 Å². The third-order valence-corrected chi connectivity index (χ3v) is 4.62. The van der Waals surface area contributed by atoms with Crippen LogP contribution in [-0.4, -0.2) is 19.9 Å². The molecule has 5 aromatic rings. The minimum Gasteiger partial charge on any atom is -0.342 e. The molecule has 0 saturated heterocycles. The van der Waals surface area contributed by atoms with Gasteiger partial charge in [0.1, 0.15) is 5.82 Å². The van der Waals surface area contributed by atoms with Crippen LogP contribution in [0.4, 0.5) is 0 Å². The van der Waals surface area contributed by atoms with Crippen LogP contribution in [-0.2, 0) is 0 Å². The molecule has 0 amide bonds. The maximum absolute atomic E-state index is 4.58. The molecule has 126 valence electrons. The first-order valence-electron chi connectivity index (χ1n) is 8.61. The van der Waals surface area contributed by atoms with Gasteiger partial charge in [-0.3, -0.25) is 0 Å². The fourth-order valence-corrected chi connectivity index (χ4v) is 3.36. The molecule has 26 heavy (non-hydrogen) atoms. The van der Waals surface area contributed by atoms with E-state index in [1.54, 1.807) is 0 Å².